The highest BCUT2D eigenvalue weighted by Gasteiger charge is 2.21. The van der Waals surface area contributed by atoms with E-state index in [4.69, 9.17) is 14.2 Å². The van der Waals surface area contributed by atoms with Crippen LogP contribution < -0.4 is 42.5 Å². The Bertz CT molecular complexity index is 992. The van der Waals surface area contributed by atoms with E-state index in [1.165, 1.54) is 168 Å². The van der Waals surface area contributed by atoms with Crippen molar-refractivity contribution in [2.75, 3.05) is 118 Å². The number of piperazine rings is 1. The molecule has 9 aliphatic heterocycles. The van der Waals surface area contributed by atoms with Crippen molar-refractivity contribution in [1.82, 2.24) is 52.3 Å². The highest BCUT2D eigenvalue weighted by molar-refractivity contribution is 4.77. The monoisotopic (exact) mass is 1420 g/mol. The van der Waals surface area contributed by atoms with E-state index < -0.39 is 0 Å². The third-order valence-corrected chi connectivity index (χ3v) is 18.0. The molecule has 5 unspecified atom stereocenters. The molecule has 13 heteroatoms. The quantitative estimate of drug-likeness (QED) is 0.112. The van der Waals surface area contributed by atoms with E-state index in [1.54, 1.807) is 0 Å². The number of piperidine rings is 2. The second-order valence-corrected chi connectivity index (χ2v) is 27.9. The fourth-order valence-corrected chi connectivity index (χ4v) is 11.6. The Morgan fingerprint density at radius 3 is 0.960 bits per heavy atom. The molecular formula is C86H200N10O3. The van der Waals surface area contributed by atoms with Gasteiger partial charge < -0.3 is 56.7 Å². The molecule has 612 valence electrons. The van der Waals surface area contributed by atoms with Gasteiger partial charge in [-0.15, -0.1) is 0 Å². The summed E-state index contributed by atoms with van der Waals surface area (Å²) in [6.45, 7) is 97.3. The first-order valence-electron chi connectivity index (χ1n) is 43.8. The van der Waals surface area contributed by atoms with Gasteiger partial charge in [-0.3, -0.25) is 9.80 Å². The molecule has 0 bridgehead atoms. The van der Waals surface area contributed by atoms with Crippen molar-refractivity contribution in [2.24, 2.45) is 53.3 Å². The molecule has 0 radical (unpaired) electrons. The first kappa shape index (κ1) is 117. The Balaban J connectivity index is -0.000000128. The summed E-state index contributed by atoms with van der Waals surface area (Å²) in [7, 11) is 0. The molecule has 0 amide bonds. The van der Waals surface area contributed by atoms with E-state index in [9.17, 15) is 0 Å². The van der Waals surface area contributed by atoms with Crippen molar-refractivity contribution in [3.05, 3.63) is 0 Å². The van der Waals surface area contributed by atoms with Crippen LogP contribution in [0.25, 0.3) is 0 Å². The number of nitrogens with zero attached hydrogens (tertiary/aromatic N) is 2. The van der Waals surface area contributed by atoms with E-state index in [0.29, 0.717) is 42.2 Å². The van der Waals surface area contributed by atoms with Gasteiger partial charge in [-0.25, -0.2) is 0 Å². The van der Waals surface area contributed by atoms with Crippen molar-refractivity contribution in [3.63, 3.8) is 0 Å². The largest absolute Gasteiger partial charge is 0.381 e. The molecule has 0 aromatic rings. The van der Waals surface area contributed by atoms with Gasteiger partial charge in [0.15, 0.2) is 0 Å². The smallest absolute Gasteiger partial charge is 0.0598 e. The Morgan fingerprint density at radius 1 is 0.283 bits per heavy atom. The molecule has 9 aliphatic rings. The van der Waals surface area contributed by atoms with Crippen molar-refractivity contribution in [2.45, 2.75) is 395 Å². The number of hydrogen-bond donors (Lipinski definition) is 8. The maximum atomic E-state index is 5.54. The van der Waals surface area contributed by atoms with Gasteiger partial charge in [0.1, 0.15) is 0 Å². The van der Waals surface area contributed by atoms with Gasteiger partial charge in [-0.2, -0.15) is 0 Å². The van der Waals surface area contributed by atoms with E-state index in [1.807, 2.05) is 125 Å². The van der Waals surface area contributed by atoms with Crippen molar-refractivity contribution < 1.29 is 14.2 Å². The van der Waals surface area contributed by atoms with Crippen molar-refractivity contribution in [3.8, 4) is 0 Å². The molecule has 0 spiro atoms. The molecule has 0 aliphatic carbocycles. The Morgan fingerprint density at radius 2 is 0.717 bits per heavy atom. The van der Waals surface area contributed by atoms with Crippen LogP contribution >= 0.6 is 0 Å². The lowest BCUT2D eigenvalue weighted by atomic mass is 9.89. The Hall–Kier alpha value is -0.520. The second-order valence-electron chi connectivity index (χ2n) is 27.9. The normalized spacial score (nSPS) is 22.1. The summed E-state index contributed by atoms with van der Waals surface area (Å²) < 4.78 is 16.3. The number of rotatable bonds is 9. The highest BCUT2D eigenvalue weighted by Crippen LogP contribution is 2.23. The van der Waals surface area contributed by atoms with Crippen LogP contribution in [0.1, 0.15) is 352 Å². The highest BCUT2D eigenvalue weighted by atomic mass is 16.5. The van der Waals surface area contributed by atoms with Crippen LogP contribution in [0.4, 0.5) is 0 Å². The minimum absolute atomic E-state index is 0.554. The summed E-state index contributed by atoms with van der Waals surface area (Å²) in [6, 6.07) is 2.98. The molecule has 9 rings (SSSR count). The molecule has 9 saturated heterocycles. The Kier molecular flexibility index (Phi) is 110. The molecule has 0 aromatic carbocycles. The SMILES string of the molecule is CC.CC.CC.CC.CC.CC.CC.CC.CC.CC(C)C1CCCCN1.CC(C)C1CCCCO1.CC(C)C1CCCCO1.CC(C)C1CCCNC1.CC(C)C1CCNCN1.CC(C)C1CCOCC1.CC(C)C1NCCCN1.CC(C)N1CCCNC1.CC(C)N1CCNCC1. The Labute approximate surface area is 629 Å². The number of ether oxygens (including phenoxy) is 3. The van der Waals surface area contributed by atoms with Gasteiger partial charge in [0.25, 0.3) is 0 Å². The van der Waals surface area contributed by atoms with Crippen LogP contribution in [-0.2, 0) is 14.2 Å². The van der Waals surface area contributed by atoms with Gasteiger partial charge in [-0.05, 0) is 223 Å². The van der Waals surface area contributed by atoms with Crippen molar-refractivity contribution >= 4 is 0 Å². The number of nitrogens with one attached hydrogen (secondary N) is 8. The third-order valence-electron chi connectivity index (χ3n) is 18.0. The molecule has 9 fully saturated rings. The average Bonchev–Trinajstić information content (AvgIpc) is 3.85. The molecule has 9 heterocycles. The summed E-state index contributed by atoms with van der Waals surface area (Å²) in [5.41, 5.74) is 0. The van der Waals surface area contributed by atoms with Crippen LogP contribution in [-0.4, -0.2) is 171 Å². The maximum Gasteiger partial charge on any atom is 0.0598 e. The predicted molar refractivity (Wildman–Crippen MR) is 456 cm³/mol. The van der Waals surface area contributed by atoms with E-state index in [-0.39, 0.29) is 0 Å². The van der Waals surface area contributed by atoms with Gasteiger partial charge in [0.05, 0.1) is 18.4 Å². The maximum absolute atomic E-state index is 5.54. The van der Waals surface area contributed by atoms with Crippen LogP contribution in [0.2, 0.25) is 0 Å². The van der Waals surface area contributed by atoms with Gasteiger partial charge in [0, 0.05) is 96.7 Å². The molecule has 0 aromatic heterocycles. The first-order chi connectivity index (χ1) is 47.7. The van der Waals surface area contributed by atoms with Gasteiger partial charge in [0.2, 0.25) is 0 Å². The topological polar surface area (TPSA) is 130 Å². The molecule has 13 nitrogen and oxygen atoms in total. The molecule has 0 saturated carbocycles. The zero-order chi connectivity index (χ0) is 78.2. The molecule has 5 atom stereocenters. The van der Waals surface area contributed by atoms with Crippen LogP contribution in [0.5, 0.6) is 0 Å². The summed E-state index contributed by atoms with van der Waals surface area (Å²) in [5, 5.41) is 27.1. The molecule has 99 heavy (non-hydrogen) atoms. The van der Waals surface area contributed by atoms with E-state index >= 15 is 0 Å². The van der Waals surface area contributed by atoms with Gasteiger partial charge >= 0.3 is 0 Å². The summed E-state index contributed by atoms with van der Waals surface area (Å²) >= 11 is 0. The zero-order valence-electron chi connectivity index (χ0n) is 75.4. The predicted octanol–water partition coefficient (Wildman–Crippen LogP) is 21.2. The third kappa shape index (κ3) is 76.9. The lowest BCUT2D eigenvalue weighted by Crippen LogP contribution is -2.51. The lowest BCUT2D eigenvalue weighted by Gasteiger charge is -2.30. The standard InChI is InChI=1S/2C8H17N.3C8H16O.4C7H16N2.9C2H6/c1-7(2)8-4-3-5-9-6-8;1-7(2)8-5-3-4-6-9-8;1-7(2)8-3-5-9-6-4-8;2*1-7(2)8-5-3-4-6-9-8;1-7(2)9-5-3-8-4-6-9;1-6(2)7-3-4-8-5-9-7;1-7(2)9-5-3-4-8-6-9;1-6(2)7-8-4-3-5-9-7;9*1-2/h2*7-9H,3-6H2,1-2H3;4*7-8H,3-6H2,1-2H3;6-9H,3-5H2,1-2H3;7-8H,3-6H2,1-2H3;6-9H,3-5H2,1-2H3;9*1-2H3. The fourth-order valence-electron chi connectivity index (χ4n) is 11.6. The molecule has 8 N–H and O–H groups in total. The van der Waals surface area contributed by atoms with Crippen LogP contribution in [0.3, 0.4) is 0 Å². The minimum Gasteiger partial charge on any atom is -0.381 e. The van der Waals surface area contributed by atoms with E-state index in [0.717, 1.165) is 106 Å². The number of hydrogen-bond acceptors (Lipinski definition) is 13. The second kappa shape index (κ2) is 93.6. The lowest BCUT2D eigenvalue weighted by molar-refractivity contribution is -0.0116. The summed E-state index contributed by atoms with van der Waals surface area (Å²) in [5.74, 6) is 7.35. The van der Waals surface area contributed by atoms with Gasteiger partial charge in [-0.1, -0.05) is 228 Å². The summed E-state index contributed by atoms with van der Waals surface area (Å²) in [4.78, 5) is 4.94. The average molecular weight is 1420 g/mol. The van der Waals surface area contributed by atoms with E-state index in [2.05, 4.69) is 177 Å². The van der Waals surface area contributed by atoms with Crippen LogP contribution in [0.15, 0.2) is 0 Å². The first-order valence-corrected chi connectivity index (χ1v) is 43.8. The minimum atomic E-state index is 0.554. The fraction of sp³-hybridized carbons (Fsp3) is 1.00. The van der Waals surface area contributed by atoms with Crippen molar-refractivity contribution in [1.29, 1.82) is 0 Å². The van der Waals surface area contributed by atoms with Crippen LogP contribution in [0, 0.1) is 53.3 Å². The molecular weight excluding hydrogens is 1220 g/mol. The summed E-state index contributed by atoms with van der Waals surface area (Å²) in [6.07, 6.45) is 22.9. The zero-order valence-corrected chi connectivity index (χ0v) is 75.4.